The molecule has 33 heavy (non-hydrogen) atoms. The summed E-state index contributed by atoms with van der Waals surface area (Å²) in [5.41, 5.74) is -3.89. The number of benzene rings is 2. The summed E-state index contributed by atoms with van der Waals surface area (Å²) in [6.07, 6.45) is -1.42. The van der Waals surface area contributed by atoms with Gasteiger partial charge in [0, 0.05) is 17.7 Å². The number of nitro benzene ring substituents is 1. The zero-order chi connectivity index (χ0) is 24.0. The first-order valence-electron chi connectivity index (χ1n) is 9.84. The molecule has 4 atom stereocenters. The Hall–Kier alpha value is -4.46. The number of nitrogens with zero attached hydrogens (tertiary/aromatic N) is 4. The van der Waals surface area contributed by atoms with Crippen LogP contribution in [0.1, 0.15) is 24.2 Å². The molecular weight excluding hydrogens is 426 g/mol. The first kappa shape index (κ1) is 21.8. The van der Waals surface area contributed by atoms with Gasteiger partial charge in [0.1, 0.15) is 11.9 Å². The zero-order valence-corrected chi connectivity index (χ0v) is 17.6. The van der Waals surface area contributed by atoms with Gasteiger partial charge in [-0.1, -0.05) is 19.1 Å². The van der Waals surface area contributed by atoms with E-state index in [0.29, 0.717) is 11.3 Å². The van der Waals surface area contributed by atoms with E-state index in [0.717, 1.165) is 0 Å². The highest BCUT2D eigenvalue weighted by Crippen LogP contribution is 2.69. The lowest BCUT2D eigenvalue weighted by molar-refractivity contribution is -0.385. The highest BCUT2D eigenvalue weighted by molar-refractivity contribution is 5.89. The monoisotopic (exact) mass is 443 g/mol. The average Bonchev–Trinajstić information content (AvgIpc) is 3.00. The van der Waals surface area contributed by atoms with E-state index in [1.54, 1.807) is 31.2 Å². The Morgan fingerprint density at radius 1 is 1.12 bits per heavy atom. The lowest BCUT2D eigenvalue weighted by Crippen LogP contribution is -2.57. The maximum atomic E-state index is 11.4. The number of ether oxygens (including phenoxy) is 3. The Balaban J connectivity index is 2.01. The number of nitrogens with one attached hydrogen (secondary N) is 1. The molecule has 1 N–H and O–H groups in total. The second kappa shape index (κ2) is 7.30. The Labute approximate surface area is 188 Å². The fourth-order valence-corrected chi connectivity index (χ4v) is 4.79. The van der Waals surface area contributed by atoms with Crippen molar-refractivity contribution in [1.29, 1.82) is 21.2 Å². The summed E-state index contributed by atoms with van der Waals surface area (Å²) in [6, 6.07) is 17.8. The van der Waals surface area contributed by atoms with Gasteiger partial charge in [-0.3, -0.25) is 15.5 Å². The van der Waals surface area contributed by atoms with Gasteiger partial charge >= 0.3 is 0 Å². The van der Waals surface area contributed by atoms with Crippen LogP contribution in [0.5, 0.6) is 5.75 Å². The molecule has 2 aliphatic rings. The number of hydrogen-bond acceptors (Lipinski definition) is 9. The first-order chi connectivity index (χ1) is 15.8. The summed E-state index contributed by atoms with van der Waals surface area (Å²) in [7, 11) is 1.50. The molecule has 164 valence electrons. The summed E-state index contributed by atoms with van der Waals surface area (Å²) in [4.78, 5) is 10.7. The lowest BCUT2D eigenvalue weighted by atomic mass is 9.53. The maximum absolute atomic E-state index is 11.4. The van der Waals surface area contributed by atoms with Crippen LogP contribution < -0.4 is 4.74 Å². The molecule has 2 aliphatic heterocycles. The summed E-state index contributed by atoms with van der Waals surface area (Å²) < 4.78 is 17.4. The molecular formula is C23H17N5O5. The molecule has 2 fully saturated rings. The second-order valence-corrected chi connectivity index (χ2v) is 7.85. The third kappa shape index (κ3) is 2.57. The van der Waals surface area contributed by atoms with Crippen LogP contribution >= 0.6 is 0 Å². The van der Waals surface area contributed by atoms with Crippen LogP contribution in [-0.4, -0.2) is 17.9 Å². The van der Waals surface area contributed by atoms with Crippen molar-refractivity contribution in [2.45, 2.75) is 18.8 Å². The molecule has 0 aromatic heterocycles. The number of rotatable bonds is 4. The Bertz CT molecular complexity index is 1270. The van der Waals surface area contributed by atoms with Crippen molar-refractivity contribution in [2.75, 3.05) is 7.11 Å². The van der Waals surface area contributed by atoms with E-state index in [2.05, 4.69) is 0 Å². The minimum atomic E-state index is -2.21. The van der Waals surface area contributed by atoms with Crippen LogP contribution in [0.3, 0.4) is 0 Å². The van der Waals surface area contributed by atoms with E-state index in [1.165, 1.54) is 31.4 Å². The number of non-ortho nitro benzene ring substituents is 1. The van der Waals surface area contributed by atoms with Crippen molar-refractivity contribution in [3.63, 3.8) is 0 Å². The van der Waals surface area contributed by atoms with Gasteiger partial charge in [0.2, 0.25) is 17.1 Å². The number of hydrogen-bond donors (Lipinski definition) is 1. The van der Waals surface area contributed by atoms with Crippen molar-refractivity contribution >= 4 is 11.6 Å². The fourth-order valence-electron chi connectivity index (χ4n) is 4.79. The van der Waals surface area contributed by atoms with Crippen LogP contribution in [0, 0.1) is 66.3 Å². The fraction of sp³-hybridized carbons (Fsp3) is 0.304. The predicted molar refractivity (Wildman–Crippen MR) is 111 cm³/mol. The van der Waals surface area contributed by atoms with Gasteiger partial charge in [-0.25, -0.2) is 0 Å². The Morgan fingerprint density at radius 2 is 1.79 bits per heavy atom. The van der Waals surface area contributed by atoms with Crippen LogP contribution in [-0.2, 0) is 15.3 Å². The highest BCUT2D eigenvalue weighted by Gasteiger charge is 2.79. The van der Waals surface area contributed by atoms with Gasteiger partial charge in [0.05, 0.1) is 36.2 Å². The lowest BCUT2D eigenvalue weighted by Gasteiger charge is -2.48. The topological polar surface area (TPSA) is 166 Å². The number of methoxy groups -OCH3 is 1. The van der Waals surface area contributed by atoms with E-state index in [4.69, 9.17) is 19.6 Å². The molecule has 4 unspecified atom stereocenters. The van der Waals surface area contributed by atoms with Crippen LogP contribution in [0.25, 0.3) is 0 Å². The zero-order valence-electron chi connectivity index (χ0n) is 17.6. The minimum Gasteiger partial charge on any atom is -0.497 e. The Kier molecular flexibility index (Phi) is 4.82. The Morgan fingerprint density at radius 3 is 2.33 bits per heavy atom. The summed E-state index contributed by atoms with van der Waals surface area (Å²) in [5, 5.41) is 50.7. The largest absolute Gasteiger partial charge is 0.497 e. The number of nitro groups is 1. The van der Waals surface area contributed by atoms with Crippen LogP contribution in [0.2, 0.25) is 0 Å². The summed E-state index contributed by atoms with van der Waals surface area (Å²) >= 11 is 0. The van der Waals surface area contributed by atoms with E-state index in [1.807, 2.05) is 18.2 Å². The molecule has 0 saturated carbocycles. The molecule has 2 aromatic rings. The molecule has 10 nitrogen and oxygen atoms in total. The quantitative estimate of drug-likeness (QED) is 0.551. The molecule has 2 heterocycles. The van der Waals surface area contributed by atoms with Crippen molar-refractivity contribution in [3.05, 3.63) is 69.8 Å². The standard InChI is InChI=1S/C23H17N5O5/c1-14-22(13-26)20(27)33-23(14,16-6-8-18(31-2)9-7-16)32-19(21(22,11-24)12-25)15-4-3-5-17(10-15)28(29)30/h3-10,14,19,27H,1-2H3. The van der Waals surface area contributed by atoms with E-state index >= 15 is 0 Å². The molecule has 2 aromatic carbocycles. The molecule has 2 bridgehead atoms. The van der Waals surface area contributed by atoms with Crippen LogP contribution in [0.4, 0.5) is 5.69 Å². The molecule has 0 amide bonds. The third-order valence-corrected chi connectivity index (χ3v) is 6.54. The van der Waals surface area contributed by atoms with Crippen molar-refractivity contribution < 1.29 is 19.1 Å². The van der Waals surface area contributed by atoms with Crippen molar-refractivity contribution in [1.82, 2.24) is 0 Å². The molecule has 0 aliphatic carbocycles. The number of nitriles is 3. The molecule has 4 rings (SSSR count). The normalized spacial score (nSPS) is 29.1. The summed E-state index contributed by atoms with van der Waals surface area (Å²) in [6.45, 7) is 1.59. The van der Waals surface area contributed by atoms with E-state index in [9.17, 15) is 25.9 Å². The van der Waals surface area contributed by atoms with E-state index < -0.39 is 39.5 Å². The van der Waals surface area contributed by atoms with Crippen molar-refractivity contribution in [3.8, 4) is 24.0 Å². The third-order valence-electron chi connectivity index (χ3n) is 6.54. The van der Waals surface area contributed by atoms with Crippen molar-refractivity contribution in [2.24, 2.45) is 16.7 Å². The highest BCUT2D eigenvalue weighted by atomic mass is 16.7. The SMILES string of the molecule is COc1ccc(C23OC(=N)C(C#N)(C2C)C(C#N)(C#N)C(c2cccc([N+](=O)[O-])c2)O3)cc1. The van der Waals surface area contributed by atoms with Gasteiger partial charge < -0.3 is 14.2 Å². The predicted octanol–water partition coefficient (Wildman–Crippen LogP) is 3.71. The van der Waals surface area contributed by atoms with Gasteiger partial charge in [0.25, 0.3) is 5.69 Å². The average molecular weight is 443 g/mol. The first-order valence-corrected chi connectivity index (χ1v) is 9.84. The van der Waals surface area contributed by atoms with Gasteiger partial charge in [-0.05, 0) is 29.8 Å². The summed E-state index contributed by atoms with van der Waals surface area (Å²) in [5.74, 6) is -2.64. The van der Waals surface area contributed by atoms with Gasteiger partial charge in [0.15, 0.2) is 5.41 Å². The van der Waals surface area contributed by atoms with E-state index in [-0.39, 0.29) is 11.3 Å². The minimum absolute atomic E-state index is 0.148. The maximum Gasteiger partial charge on any atom is 0.269 e. The second-order valence-electron chi connectivity index (χ2n) is 7.85. The van der Waals surface area contributed by atoms with Gasteiger partial charge in [-0.15, -0.1) is 0 Å². The van der Waals surface area contributed by atoms with Crippen LogP contribution in [0.15, 0.2) is 48.5 Å². The molecule has 10 heteroatoms. The molecule has 0 spiro atoms. The smallest absolute Gasteiger partial charge is 0.269 e. The molecule has 0 radical (unpaired) electrons. The molecule has 2 saturated heterocycles. The van der Waals surface area contributed by atoms with Gasteiger partial charge in [-0.2, -0.15) is 15.8 Å². The number of fused-ring (bicyclic) bond motifs is 2.